The summed E-state index contributed by atoms with van der Waals surface area (Å²) in [5.41, 5.74) is 4.00. The zero-order valence-corrected chi connectivity index (χ0v) is 13.9. The Labute approximate surface area is 135 Å². The van der Waals surface area contributed by atoms with Gasteiger partial charge in [-0.1, -0.05) is 13.8 Å². The molecule has 23 heavy (non-hydrogen) atoms. The molecule has 6 heteroatoms. The fourth-order valence-electron chi connectivity index (χ4n) is 2.43. The van der Waals surface area contributed by atoms with Crippen molar-refractivity contribution in [1.29, 1.82) is 0 Å². The smallest absolute Gasteiger partial charge is 0.222 e. The van der Waals surface area contributed by atoms with E-state index >= 15 is 0 Å². The Hall–Kier alpha value is -2.63. The SMILES string of the molecule is Cc1nc2ccc(-n3cc(CNC(=O)C(C)C)cn3)cc2n1C. The zero-order chi connectivity index (χ0) is 16.6. The summed E-state index contributed by atoms with van der Waals surface area (Å²) in [6, 6.07) is 6.07. The summed E-state index contributed by atoms with van der Waals surface area (Å²) in [5.74, 6) is 1.01. The van der Waals surface area contributed by atoms with Gasteiger partial charge in [-0.05, 0) is 25.1 Å². The molecule has 0 radical (unpaired) electrons. The third kappa shape index (κ3) is 2.97. The molecule has 0 aliphatic carbocycles. The van der Waals surface area contributed by atoms with Gasteiger partial charge in [0.25, 0.3) is 0 Å². The van der Waals surface area contributed by atoms with Crippen LogP contribution in [0.5, 0.6) is 0 Å². The van der Waals surface area contributed by atoms with Gasteiger partial charge in [0.1, 0.15) is 5.82 Å². The molecule has 0 aliphatic rings. The van der Waals surface area contributed by atoms with Crippen molar-refractivity contribution < 1.29 is 4.79 Å². The molecule has 0 spiro atoms. The summed E-state index contributed by atoms with van der Waals surface area (Å²) in [4.78, 5) is 16.1. The van der Waals surface area contributed by atoms with Gasteiger partial charge in [-0.3, -0.25) is 4.79 Å². The Kier molecular flexibility index (Phi) is 3.90. The third-order valence-corrected chi connectivity index (χ3v) is 3.98. The molecule has 3 rings (SSSR count). The maximum atomic E-state index is 11.6. The van der Waals surface area contributed by atoms with Gasteiger partial charge in [0.15, 0.2) is 0 Å². The van der Waals surface area contributed by atoms with Crippen LogP contribution in [0.15, 0.2) is 30.6 Å². The molecule has 120 valence electrons. The van der Waals surface area contributed by atoms with E-state index in [1.54, 1.807) is 6.20 Å². The Morgan fingerprint density at radius 3 is 2.87 bits per heavy atom. The topological polar surface area (TPSA) is 64.7 Å². The normalized spacial score (nSPS) is 11.3. The van der Waals surface area contributed by atoms with Gasteiger partial charge in [-0.2, -0.15) is 5.10 Å². The van der Waals surface area contributed by atoms with Crippen LogP contribution < -0.4 is 5.32 Å². The Morgan fingerprint density at radius 2 is 2.13 bits per heavy atom. The van der Waals surface area contributed by atoms with Crippen LogP contribution >= 0.6 is 0 Å². The minimum Gasteiger partial charge on any atom is -0.352 e. The van der Waals surface area contributed by atoms with E-state index in [0.29, 0.717) is 6.54 Å². The second-order valence-corrected chi connectivity index (χ2v) is 6.06. The summed E-state index contributed by atoms with van der Waals surface area (Å²) in [6.45, 7) is 6.24. The van der Waals surface area contributed by atoms with Crippen molar-refractivity contribution in [3.8, 4) is 5.69 Å². The Balaban J connectivity index is 1.82. The maximum Gasteiger partial charge on any atom is 0.222 e. The number of amides is 1. The average molecular weight is 311 g/mol. The first-order chi connectivity index (χ1) is 11.0. The maximum absolute atomic E-state index is 11.6. The standard InChI is InChI=1S/C17H21N5O/c1-11(2)17(23)18-8-13-9-19-22(10-13)14-5-6-15-16(7-14)21(4)12(3)20-15/h5-7,9-11H,8H2,1-4H3,(H,18,23). The predicted octanol–water partition coefficient (Wildman–Crippen LogP) is 2.34. The molecule has 0 saturated carbocycles. The van der Waals surface area contributed by atoms with Crippen LogP contribution in [0, 0.1) is 12.8 Å². The van der Waals surface area contributed by atoms with E-state index in [0.717, 1.165) is 28.1 Å². The molecule has 0 aliphatic heterocycles. The molecule has 0 unspecified atom stereocenters. The largest absolute Gasteiger partial charge is 0.352 e. The van der Waals surface area contributed by atoms with Gasteiger partial charge in [0.2, 0.25) is 5.91 Å². The van der Waals surface area contributed by atoms with Crippen LogP contribution in [0.25, 0.3) is 16.7 Å². The first-order valence-electron chi connectivity index (χ1n) is 7.70. The highest BCUT2D eigenvalue weighted by molar-refractivity contribution is 5.78. The van der Waals surface area contributed by atoms with Crippen molar-refractivity contribution >= 4 is 16.9 Å². The number of aryl methyl sites for hydroxylation is 2. The lowest BCUT2D eigenvalue weighted by molar-refractivity contribution is -0.124. The second-order valence-electron chi connectivity index (χ2n) is 6.06. The van der Waals surface area contributed by atoms with E-state index in [9.17, 15) is 4.79 Å². The van der Waals surface area contributed by atoms with Crippen LogP contribution in [0.4, 0.5) is 0 Å². The highest BCUT2D eigenvalue weighted by Gasteiger charge is 2.09. The molecule has 2 aromatic heterocycles. The highest BCUT2D eigenvalue weighted by atomic mass is 16.1. The van der Waals surface area contributed by atoms with Gasteiger partial charge >= 0.3 is 0 Å². The summed E-state index contributed by atoms with van der Waals surface area (Å²) in [5, 5.41) is 7.29. The van der Waals surface area contributed by atoms with E-state index in [-0.39, 0.29) is 11.8 Å². The average Bonchev–Trinajstić information content (AvgIpc) is 3.10. The lowest BCUT2D eigenvalue weighted by atomic mass is 10.2. The first-order valence-corrected chi connectivity index (χ1v) is 7.70. The monoisotopic (exact) mass is 311 g/mol. The van der Waals surface area contributed by atoms with Crippen LogP contribution in [-0.2, 0) is 18.4 Å². The summed E-state index contributed by atoms with van der Waals surface area (Å²) in [6.07, 6.45) is 3.71. The summed E-state index contributed by atoms with van der Waals surface area (Å²) >= 11 is 0. The van der Waals surface area contributed by atoms with E-state index in [1.165, 1.54) is 0 Å². The van der Waals surface area contributed by atoms with Crippen molar-refractivity contribution in [2.24, 2.45) is 13.0 Å². The molecule has 1 aromatic carbocycles. The minimum atomic E-state index is -0.0134. The van der Waals surface area contributed by atoms with Gasteiger partial charge < -0.3 is 9.88 Å². The number of rotatable bonds is 4. The molecule has 2 heterocycles. The van der Waals surface area contributed by atoms with E-state index in [1.807, 2.05) is 50.8 Å². The number of aromatic nitrogens is 4. The number of hydrogen-bond acceptors (Lipinski definition) is 3. The Morgan fingerprint density at radius 1 is 1.35 bits per heavy atom. The number of benzene rings is 1. The molecule has 0 fully saturated rings. The second kappa shape index (κ2) is 5.87. The van der Waals surface area contributed by atoms with Crippen molar-refractivity contribution in [2.45, 2.75) is 27.3 Å². The van der Waals surface area contributed by atoms with Crippen LogP contribution in [0.1, 0.15) is 25.2 Å². The van der Waals surface area contributed by atoms with Crippen LogP contribution in [0.3, 0.4) is 0 Å². The first kappa shape index (κ1) is 15.3. The number of imidazole rings is 1. The van der Waals surface area contributed by atoms with Gasteiger partial charge in [0.05, 0.1) is 22.9 Å². The minimum absolute atomic E-state index is 0.0134. The predicted molar refractivity (Wildman–Crippen MR) is 89.3 cm³/mol. The Bertz CT molecular complexity index is 859. The highest BCUT2D eigenvalue weighted by Crippen LogP contribution is 2.19. The molecule has 3 aromatic rings. The van der Waals surface area contributed by atoms with Crippen molar-refractivity contribution in [3.05, 3.63) is 42.0 Å². The number of carbonyl (C=O) groups excluding carboxylic acids is 1. The van der Waals surface area contributed by atoms with E-state index < -0.39 is 0 Å². The third-order valence-electron chi connectivity index (χ3n) is 3.98. The molecular weight excluding hydrogens is 290 g/mol. The molecule has 0 bridgehead atoms. The van der Waals surface area contributed by atoms with Crippen molar-refractivity contribution in [2.75, 3.05) is 0 Å². The molecule has 0 saturated heterocycles. The molecule has 6 nitrogen and oxygen atoms in total. The number of fused-ring (bicyclic) bond motifs is 1. The van der Waals surface area contributed by atoms with E-state index in [4.69, 9.17) is 0 Å². The summed E-state index contributed by atoms with van der Waals surface area (Å²) < 4.78 is 3.88. The van der Waals surface area contributed by atoms with E-state index in [2.05, 4.69) is 26.0 Å². The molecule has 0 atom stereocenters. The molecule has 1 amide bonds. The molecular formula is C17H21N5O. The summed E-state index contributed by atoms with van der Waals surface area (Å²) in [7, 11) is 2.00. The zero-order valence-electron chi connectivity index (χ0n) is 13.9. The van der Waals surface area contributed by atoms with Gasteiger partial charge in [-0.15, -0.1) is 0 Å². The van der Waals surface area contributed by atoms with Crippen molar-refractivity contribution in [3.63, 3.8) is 0 Å². The lowest BCUT2D eigenvalue weighted by Crippen LogP contribution is -2.26. The number of carbonyl (C=O) groups is 1. The van der Waals surface area contributed by atoms with Crippen molar-refractivity contribution in [1.82, 2.24) is 24.6 Å². The number of nitrogens with zero attached hydrogens (tertiary/aromatic N) is 4. The quantitative estimate of drug-likeness (QED) is 0.804. The van der Waals surface area contributed by atoms with Gasteiger partial charge in [0, 0.05) is 31.3 Å². The fraction of sp³-hybridized carbons (Fsp3) is 0.353. The van der Waals surface area contributed by atoms with Crippen LogP contribution in [0.2, 0.25) is 0 Å². The van der Waals surface area contributed by atoms with Gasteiger partial charge in [-0.25, -0.2) is 9.67 Å². The lowest BCUT2D eigenvalue weighted by Gasteiger charge is -2.05. The fourth-order valence-corrected chi connectivity index (χ4v) is 2.43. The van der Waals surface area contributed by atoms with Crippen LogP contribution in [-0.4, -0.2) is 25.2 Å². The number of hydrogen-bond donors (Lipinski definition) is 1. The molecule has 1 N–H and O–H groups in total. The number of nitrogens with one attached hydrogen (secondary N) is 1.